The van der Waals surface area contributed by atoms with E-state index in [1.807, 2.05) is 0 Å². The largest absolute Gasteiger partial charge is 0.447 e. The summed E-state index contributed by atoms with van der Waals surface area (Å²) in [5.41, 5.74) is -0.361. The lowest BCUT2D eigenvalue weighted by Crippen LogP contribution is -2.12. The molecular weight excluding hydrogens is 393 g/mol. The first kappa shape index (κ1) is 17.1. The minimum atomic E-state index is -4.65. The van der Waals surface area contributed by atoms with Crippen molar-refractivity contribution < 1.29 is 26.0 Å². The number of benzene rings is 1. The summed E-state index contributed by atoms with van der Waals surface area (Å²) in [4.78, 5) is 3.81. The Morgan fingerprint density at radius 1 is 1.23 bits per heavy atom. The molecule has 1 aliphatic rings. The topological polar surface area (TPSA) is 104 Å². The van der Waals surface area contributed by atoms with Crippen LogP contribution in [0.3, 0.4) is 0 Å². The number of nitrogens with zero attached hydrogens (tertiary/aromatic N) is 3. The van der Waals surface area contributed by atoms with Gasteiger partial charge in [-0.25, -0.2) is 23.2 Å². The van der Waals surface area contributed by atoms with Crippen LogP contribution in [-0.2, 0) is 22.0 Å². The van der Waals surface area contributed by atoms with Gasteiger partial charge >= 0.3 is 6.18 Å². The van der Waals surface area contributed by atoms with Crippen LogP contribution in [0.25, 0.3) is 17.1 Å². The molecule has 136 valence electrons. The summed E-state index contributed by atoms with van der Waals surface area (Å²) < 4.78 is 69.2. The van der Waals surface area contributed by atoms with Gasteiger partial charge in [0.05, 0.1) is 21.2 Å². The van der Waals surface area contributed by atoms with E-state index in [4.69, 9.17) is 9.56 Å². The Morgan fingerprint density at radius 3 is 2.54 bits per heavy atom. The number of fused-ring (bicyclic) bond motifs is 3. The fourth-order valence-electron chi connectivity index (χ4n) is 2.60. The van der Waals surface area contributed by atoms with Crippen LogP contribution in [-0.4, -0.2) is 23.2 Å². The van der Waals surface area contributed by atoms with Crippen molar-refractivity contribution in [2.24, 2.45) is 5.14 Å². The summed E-state index contributed by atoms with van der Waals surface area (Å²) in [5.74, 6) is 0.653. The van der Waals surface area contributed by atoms with Crippen molar-refractivity contribution >= 4 is 21.8 Å². The molecule has 2 N–H and O–H groups in total. The van der Waals surface area contributed by atoms with Crippen LogP contribution in [0, 0.1) is 0 Å². The Kier molecular flexibility index (Phi) is 3.68. The number of halogens is 3. The summed E-state index contributed by atoms with van der Waals surface area (Å²) in [6.07, 6.45) is -3.49. The number of hydrogen-bond acceptors (Lipinski definition) is 6. The van der Waals surface area contributed by atoms with Gasteiger partial charge in [-0.1, -0.05) is 0 Å². The van der Waals surface area contributed by atoms with E-state index in [0.717, 1.165) is 22.8 Å². The van der Waals surface area contributed by atoms with E-state index >= 15 is 0 Å². The molecule has 0 radical (unpaired) electrons. The lowest BCUT2D eigenvalue weighted by atomic mass is 10.2. The monoisotopic (exact) mass is 402 g/mol. The molecule has 26 heavy (non-hydrogen) atoms. The molecule has 1 aliphatic heterocycles. The van der Waals surface area contributed by atoms with Gasteiger partial charge in [0.15, 0.2) is 12.1 Å². The SMILES string of the molecule is NS(=O)(=O)c1ccc(-n2nc(C(F)(F)F)c3c2-c2ncoc2CS3)cc1. The van der Waals surface area contributed by atoms with E-state index in [1.165, 1.54) is 24.3 Å². The number of nitrogens with two attached hydrogens (primary N) is 1. The van der Waals surface area contributed by atoms with Gasteiger partial charge in [-0.3, -0.25) is 0 Å². The zero-order valence-electron chi connectivity index (χ0n) is 12.7. The number of primary sulfonamides is 1. The van der Waals surface area contributed by atoms with Crippen molar-refractivity contribution in [3.8, 4) is 17.1 Å². The average molecular weight is 402 g/mol. The Balaban J connectivity index is 1.94. The lowest BCUT2D eigenvalue weighted by molar-refractivity contribution is -0.143. The molecule has 0 amide bonds. The van der Waals surface area contributed by atoms with Gasteiger partial charge in [-0.15, -0.1) is 11.8 Å². The number of sulfonamides is 1. The fraction of sp³-hybridized carbons (Fsp3) is 0.143. The minimum absolute atomic E-state index is 0.0468. The zero-order chi connectivity index (χ0) is 18.7. The van der Waals surface area contributed by atoms with Gasteiger partial charge in [0, 0.05) is 0 Å². The highest BCUT2D eigenvalue weighted by Gasteiger charge is 2.42. The molecule has 2 aromatic heterocycles. The third-order valence-corrected chi connectivity index (χ3v) is 5.74. The molecule has 0 saturated heterocycles. The molecule has 0 unspecified atom stereocenters. The van der Waals surface area contributed by atoms with E-state index in [2.05, 4.69) is 10.1 Å². The van der Waals surface area contributed by atoms with Crippen molar-refractivity contribution in [3.05, 3.63) is 42.1 Å². The van der Waals surface area contributed by atoms with Gasteiger partial charge in [0.2, 0.25) is 10.0 Å². The van der Waals surface area contributed by atoms with Crippen molar-refractivity contribution in [2.45, 2.75) is 21.7 Å². The molecule has 0 fully saturated rings. The third-order valence-electron chi connectivity index (χ3n) is 3.73. The second kappa shape index (κ2) is 5.59. The number of rotatable bonds is 2. The fourth-order valence-corrected chi connectivity index (χ4v) is 4.21. The smallest absolute Gasteiger partial charge is 0.436 e. The van der Waals surface area contributed by atoms with Gasteiger partial charge in [0.25, 0.3) is 0 Å². The van der Waals surface area contributed by atoms with Crippen LogP contribution in [0.4, 0.5) is 13.2 Å². The first-order valence-electron chi connectivity index (χ1n) is 7.05. The van der Waals surface area contributed by atoms with Crippen LogP contribution >= 0.6 is 11.8 Å². The second-order valence-electron chi connectivity index (χ2n) is 5.39. The summed E-state index contributed by atoms with van der Waals surface area (Å²) in [6.45, 7) is 0. The quantitative estimate of drug-likeness (QED) is 0.707. The molecule has 0 aliphatic carbocycles. The van der Waals surface area contributed by atoms with Crippen LogP contribution < -0.4 is 5.14 Å². The maximum atomic E-state index is 13.4. The highest BCUT2D eigenvalue weighted by atomic mass is 32.2. The van der Waals surface area contributed by atoms with E-state index in [9.17, 15) is 21.6 Å². The summed E-state index contributed by atoms with van der Waals surface area (Å²) in [6, 6.07) is 5.05. The molecule has 0 bridgehead atoms. The Bertz CT molecular complexity index is 1100. The number of alkyl halides is 3. The predicted molar refractivity (Wildman–Crippen MR) is 85.0 cm³/mol. The normalized spacial score (nSPS) is 14.2. The molecule has 0 spiro atoms. The van der Waals surface area contributed by atoms with Gasteiger partial charge < -0.3 is 4.42 Å². The molecule has 12 heteroatoms. The molecule has 0 atom stereocenters. The van der Waals surface area contributed by atoms with Crippen LogP contribution in [0.15, 0.2) is 44.9 Å². The number of oxazole rings is 1. The molecule has 0 saturated carbocycles. The van der Waals surface area contributed by atoms with Crippen molar-refractivity contribution in [2.75, 3.05) is 0 Å². The lowest BCUT2D eigenvalue weighted by Gasteiger charge is -2.13. The third kappa shape index (κ3) is 2.70. The van der Waals surface area contributed by atoms with Crippen LogP contribution in [0.2, 0.25) is 0 Å². The Hall–Kier alpha value is -2.31. The molecular formula is C14H9F3N4O3S2. The maximum Gasteiger partial charge on any atom is 0.436 e. The molecule has 3 aromatic rings. The first-order chi connectivity index (χ1) is 12.2. The molecule has 4 rings (SSSR count). The van der Waals surface area contributed by atoms with Crippen molar-refractivity contribution in [1.29, 1.82) is 0 Å². The predicted octanol–water partition coefficient (Wildman–Crippen LogP) is 2.80. The minimum Gasteiger partial charge on any atom is -0.447 e. The first-order valence-corrected chi connectivity index (χ1v) is 9.58. The van der Waals surface area contributed by atoms with E-state index in [0.29, 0.717) is 5.76 Å². The van der Waals surface area contributed by atoms with Crippen molar-refractivity contribution in [1.82, 2.24) is 14.8 Å². The molecule has 1 aromatic carbocycles. The summed E-state index contributed by atoms with van der Waals surface area (Å²) >= 11 is 0.959. The average Bonchev–Trinajstić information content (AvgIpc) is 3.17. The maximum absolute atomic E-state index is 13.4. The Labute approximate surface area is 149 Å². The summed E-state index contributed by atoms with van der Waals surface area (Å²) in [5, 5.41) is 8.75. The van der Waals surface area contributed by atoms with Gasteiger partial charge in [-0.2, -0.15) is 18.3 Å². The van der Waals surface area contributed by atoms with Gasteiger partial charge in [-0.05, 0) is 24.3 Å². The molecule has 7 nitrogen and oxygen atoms in total. The van der Waals surface area contributed by atoms with Crippen LogP contribution in [0.1, 0.15) is 11.5 Å². The second-order valence-corrected chi connectivity index (χ2v) is 7.93. The summed E-state index contributed by atoms with van der Waals surface area (Å²) in [7, 11) is -3.92. The highest BCUT2D eigenvalue weighted by Crippen LogP contribution is 2.47. The number of thioether (sulfide) groups is 1. The van der Waals surface area contributed by atoms with Crippen LogP contribution in [0.5, 0.6) is 0 Å². The Morgan fingerprint density at radius 2 is 1.92 bits per heavy atom. The highest BCUT2D eigenvalue weighted by molar-refractivity contribution is 7.98. The molecule has 3 heterocycles. The van der Waals surface area contributed by atoms with E-state index in [1.54, 1.807) is 0 Å². The number of hydrogen-bond donors (Lipinski definition) is 1. The van der Waals surface area contributed by atoms with E-state index < -0.39 is 21.9 Å². The van der Waals surface area contributed by atoms with E-state index in [-0.39, 0.29) is 32.6 Å². The number of aromatic nitrogens is 3. The standard InChI is InChI=1S/C14H9F3N4O3S2/c15-14(16,17)13-12-11(10-9(5-25-12)24-6-19-10)21(20-13)7-1-3-8(4-2-7)26(18,22)23/h1-4,6H,5H2,(H2,18,22,23). The van der Waals surface area contributed by atoms with Crippen molar-refractivity contribution in [3.63, 3.8) is 0 Å². The zero-order valence-corrected chi connectivity index (χ0v) is 14.3. The van der Waals surface area contributed by atoms with Gasteiger partial charge in [0.1, 0.15) is 17.1 Å².